The average molecular weight is 403 g/mol. The van der Waals surface area contributed by atoms with Crippen molar-refractivity contribution in [1.82, 2.24) is 14.8 Å². The lowest BCUT2D eigenvalue weighted by Gasteiger charge is -2.36. The Hall–Kier alpha value is -4.18. The van der Waals surface area contributed by atoms with Crippen LogP contribution in [0.4, 0.5) is 5.82 Å². The van der Waals surface area contributed by atoms with Gasteiger partial charge < -0.3 is 5.73 Å². The zero-order valence-electron chi connectivity index (χ0n) is 17.0. The third-order valence-corrected chi connectivity index (χ3v) is 5.62. The Morgan fingerprint density at radius 3 is 1.61 bits per heavy atom. The number of anilines is 1. The fourth-order valence-corrected chi connectivity index (χ4v) is 4.22. The minimum absolute atomic E-state index is 0.470. The molecule has 0 unspecified atom stereocenters. The van der Waals surface area contributed by atoms with E-state index in [0.717, 1.165) is 27.9 Å². The van der Waals surface area contributed by atoms with Crippen LogP contribution in [-0.4, -0.2) is 14.8 Å². The molecular formula is C27H22N4. The Morgan fingerprint density at radius 2 is 1.13 bits per heavy atom. The molecule has 3 aromatic carbocycles. The van der Waals surface area contributed by atoms with Gasteiger partial charge in [-0.3, -0.25) is 4.68 Å². The first-order valence-electron chi connectivity index (χ1n) is 10.2. The van der Waals surface area contributed by atoms with Crippen LogP contribution in [0.3, 0.4) is 0 Å². The van der Waals surface area contributed by atoms with Crippen LogP contribution < -0.4 is 5.73 Å². The number of benzene rings is 3. The van der Waals surface area contributed by atoms with E-state index >= 15 is 0 Å². The van der Waals surface area contributed by atoms with Gasteiger partial charge >= 0.3 is 0 Å². The van der Waals surface area contributed by atoms with E-state index in [1.165, 1.54) is 0 Å². The molecule has 4 nitrogen and oxygen atoms in total. The number of nitrogen functional groups attached to an aromatic ring is 1. The lowest BCUT2D eigenvalue weighted by Crippen LogP contribution is -2.38. The lowest BCUT2D eigenvalue weighted by atomic mass is 9.77. The van der Waals surface area contributed by atoms with Gasteiger partial charge in [0.25, 0.3) is 0 Å². The minimum Gasteiger partial charge on any atom is -0.383 e. The molecule has 4 heteroatoms. The van der Waals surface area contributed by atoms with Crippen LogP contribution in [0, 0.1) is 0 Å². The Morgan fingerprint density at radius 1 is 0.613 bits per heavy atom. The summed E-state index contributed by atoms with van der Waals surface area (Å²) in [6, 6.07) is 37.3. The number of hydrogen-bond donors (Lipinski definition) is 1. The second-order valence-electron chi connectivity index (χ2n) is 7.39. The zero-order valence-corrected chi connectivity index (χ0v) is 17.0. The summed E-state index contributed by atoms with van der Waals surface area (Å²) in [5.74, 6) is 0.470. The van der Waals surface area contributed by atoms with Crippen LogP contribution >= 0.6 is 0 Å². The van der Waals surface area contributed by atoms with Crippen molar-refractivity contribution in [2.24, 2.45) is 0 Å². The van der Waals surface area contributed by atoms with Crippen molar-refractivity contribution < 1.29 is 0 Å². The Bertz CT molecular complexity index is 1180. The van der Waals surface area contributed by atoms with Crippen LogP contribution in [0.1, 0.15) is 16.7 Å². The fraction of sp³-hybridized carbons (Fsp3) is 0.0370. The summed E-state index contributed by atoms with van der Waals surface area (Å²) in [7, 11) is 0. The predicted octanol–water partition coefficient (Wildman–Crippen LogP) is 5.37. The second-order valence-corrected chi connectivity index (χ2v) is 7.39. The molecule has 2 N–H and O–H groups in total. The Labute approximate surface area is 181 Å². The van der Waals surface area contributed by atoms with Crippen molar-refractivity contribution in [3.8, 4) is 11.3 Å². The summed E-state index contributed by atoms with van der Waals surface area (Å²) in [4.78, 5) is 4.23. The number of hydrogen-bond acceptors (Lipinski definition) is 3. The van der Waals surface area contributed by atoms with Gasteiger partial charge in [-0.15, -0.1) is 0 Å². The van der Waals surface area contributed by atoms with Gasteiger partial charge in [-0.05, 0) is 34.9 Å². The van der Waals surface area contributed by atoms with Crippen LogP contribution in [0.25, 0.3) is 11.3 Å². The molecule has 5 aromatic rings. The summed E-state index contributed by atoms with van der Waals surface area (Å²) in [6.07, 6.45) is 3.72. The molecule has 31 heavy (non-hydrogen) atoms. The van der Waals surface area contributed by atoms with Crippen molar-refractivity contribution in [1.29, 1.82) is 0 Å². The second kappa shape index (κ2) is 7.92. The molecule has 0 saturated carbocycles. The van der Waals surface area contributed by atoms with Crippen LogP contribution in [0.5, 0.6) is 0 Å². The molecule has 0 atom stereocenters. The molecule has 0 aliphatic carbocycles. The maximum absolute atomic E-state index is 6.14. The van der Waals surface area contributed by atoms with Crippen LogP contribution in [0.15, 0.2) is 122 Å². The van der Waals surface area contributed by atoms with Crippen molar-refractivity contribution in [2.75, 3.05) is 5.73 Å². The lowest BCUT2D eigenvalue weighted by molar-refractivity contribution is 0.461. The summed E-state index contributed by atoms with van der Waals surface area (Å²) in [6.45, 7) is 0. The molecule has 0 aliphatic heterocycles. The van der Waals surface area contributed by atoms with Gasteiger partial charge in [-0.25, -0.2) is 4.98 Å². The Balaban J connectivity index is 1.83. The fourth-order valence-electron chi connectivity index (χ4n) is 4.22. The molecule has 5 rings (SSSR count). The summed E-state index contributed by atoms with van der Waals surface area (Å²) >= 11 is 0. The highest BCUT2D eigenvalue weighted by Crippen LogP contribution is 2.41. The van der Waals surface area contributed by atoms with Gasteiger partial charge in [0, 0.05) is 18.0 Å². The standard InChI is InChI=1S/C27H22N4/c28-26-24(17-10-19-29-26)25-18-20-31(30-25)27(21-11-4-1-5-12-21,22-13-6-2-7-14-22)23-15-8-3-9-16-23/h1-20H,(H2,28,29). The largest absolute Gasteiger partial charge is 0.383 e. The molecule has 150 valence electrons. The van der Waals surface area contributed by atoms with Crippen molar-refractivity contribution >= 4 is 5.82 Å². The quantitative estimate of drug-likeness (QED) is 0.402. The van der Waals surface area contributed by atoms with Crippen molar-refractivity contribution in [3.63, 3.8) is 0 Å². The smallest absolute Gasteiger partial charge is 0.138 e. The maximum atomic E-state index is 6.14. The molecular weight excluding hydrogens is 380 g/mol. The topological polar surface area (TPSA) is 56.7 Å². The molecule has 2 heterocycles. The van der Waals surface area contributed by atoms with E-state index in [4.69, 9.17) is 10.8 Å². The first kappa shape index (κ1) is 18.8. The normalized spacial score (nSPS) is 11.4. The molecule has 0 saturated heterocycles. The van der Waals surface area contributed by atoms with E-state index in [2.05, 4.69) is 77.8 Å². The predicted molar refractivity (Wildman–Crippen MR) is 124 cm³/mol. The molecule has 0 amide bonds. The van der Waals surface area contributed by atoms with Crippen LogP contribution in [0.2, 0.25) is 0 Å². The van der Waals surface area contributed by atoms with E-state index in [1.807, 2.05) is 47.3 Å². The van der Waals surface area contributed by atoms with Gasteiger partial charge in [0.15, 0.2) is 0 Å². The maximum Gasteiger partial charge on any atom is 0.138 e. The van der Waals surface area contributed by atoms with Crippen molar-refractivity contribution in [3.05, 3.63) is 138 Å². The average Bonchev–Trinajstić information content (AvgIpc) is 3.32. The third kappa shape index (κ3) is 3.19. The van der Waals surface area contributed by atoms with E-state index in [-0.39, 0.29) is 0 Å². The molecule has 0 aliphatic rings. The minimum atomic E-state index is -0.640. The third-order valence-electron chi connectivity index (χ3n) is 5.62. The van der Waals surface area contributed by atoms with Gasteiger partial charge in [0.05, 0.1) is 5.69 Å². The number of nitrogens with zero attached hydrogens (tertiary/aromatic N) is 3. The highest BCUT2D eigenvalue weighted by Gasteiger charge is 2.39. The van der Waals surface area contributed by atoms with E-state index in [0.29, 0.717) is 5.82 Å². The van der Waals surface area contributed by atoms with E-state index in [1.54, 1.807) is 6.20 Å². The number of pyridine rings is 1. The molecule has 0 fully saturated rings. The summed E-state index contributed by atoms with van der Waals surface area (Å²) in [5.41, 5.74) is 10.5. The van der Waals surface area contributed by atoms with Crippen molar-refractivity contribution in [2.45, 2.75) is 5.54 Å². The first-order valence-corrected chi connectivity index (χ1v) is 10.2. The molecule has 0 radical (unpaired) electrons. The first-order chi connectivity index (χ1) is 15.3. The number of rotatable bonds is 5. The molecule has 0 spiro atoms. The summed E-state index contributed by atoms with van der Waals surface area (Å²) in [5, 5.41) is 5.04. The van der Waals surface area contributed by atoms with Gasteiger partial charge in [0.1, 0.15) is 11.4 Å². The monoisotopic (exact) mass is 402 g/mol. The van der Waals surface area contributed by atoms with E-state index in [9.17, 15) is 0 Å². The van der Waals surface area contributed by atoms with Gasteiger partial charge in [0.2, 0.25) is 0 Å². The highest BCUT2D eigenvalue weighted by molar-refractivity contribution is 5.70. The van der Waals surface area contributed by atoms with E-state index < -0.39 is 5.54 Å². The Kier molecular flexibility index (Phi) is 4.81. The molecule has 0 bridgehead atoms. The van der Waals surface area contributed by atoms with Crippen LogP contribution in [-0.2, 0) is 5.54 Å². The van der Waals surface area contributed by atoms with Gasteiger partial charge in [-0.2, -0.15) is 5.10 Å². The SMILES string of the molecule is Nc1ncccc1-c1ccn(C(c2ccccc2)(c2ccccc2)c2ccccc2)n1. The van der Waals surface area contributed by atoms with Gasteiger partial charge in [-0.1, -0.05) is 91.0 Å². The highest BCUT2D eigenvalue weighted by atomic mass is 15.3. The zero-order chi connectivity index (χ0) is 21.1. The number of aromatic nitrogens is 3. The molecule has 2 aromatic heterocycles. The summed E-state index contributed by atoms with van der Waals surface area (Å²) < 4.78 is 2.04. The number of nitrogens with two attached hydrogens (primary N) is 1.